The predicted molar refractivity (Wildman–Crippen MR) is 68.7 cm³/mol. The summed E-state index contributed by atoms with van der Waals surface area (Å²) in [5.74, 6) is 1.92. The molecule has 2 aliphatic rings. The van der Waals surface area contributed by atoms with Crippen LogP contribution >= 0.6 is 15.9 Å². The molecule has 1 aromatic heterocycles. The molecule has 2 fully saturated rings. The smallest absolute Gasteiger partial charge is 0.143 e. The maximum atomic E-state index is 4.51. The van der Waals surface area contributed by atoms with Crippen LogP contribution in [0.4, 0.5) is 5.82 Å². The summed E-state index contributed by atoms with van der Waals surface area (Å²) in [7, 11) is 0. The van der Waals surface area contributed by atoms with E-state index in [1.165, 1.54) is 19.4 Å². The van der Waals surface area contributed by atoms with Gasteiger partial charge >= 0.3 is 0 Å². The number of halogens is 1. The second-order valence-electron chi connectivity index (χ2n) is 4.63. The van der Waals surface area contributed by atoms with Crippen LogP contribution < -0.4 is 10.2 Å². The Balaban J connectivity index is 1.91. The molecule has 3 nitrogen and oxygen atoms in total. The molecule has 2 aliphatic heterocycles. The molecule has 0 saturated carbocycles. The monoisotopic (exact) mass is 281 g/mol. The highest BCUT2D eigenvalue weighted by molar-refractivity contribution is 9.10. The fraction of sp³-hybridized carbons (Fsp3) is 0.583. The fourth-order valence-corrected chi connectivity index (χ4v) is 3.40. The molecule has 1 aromatic rings. The lowest BCUT2D eigenvalue weighted by Gasteiger charge is -2.38. The Labute approximate surface area is 104 Å². The van der Waals surface area contributed by atoms with Crippen molar-refractivity contribution in [3.63, 3.8) is 0 Å². The van der Waals surface area contributed by atoms with Crippen molar-refractivity contribution in [1.82, 2.24) is 10.3 Å². The van der Waals surface area contributed by atoms with Gasteiger partial charge in [0.15, 0.2) is 0 Å². The first-order chi connectivity index (χ1) is 7.86. The lowest BCUT2D eigenvalue weighted by atomic mass is 9.92. The molecule has 0 aliphatic carbocycles. The van der Waals surface area contributed by atoms with Crippen molar-refractivity contribution in [2.24, 2.45) is 5.92 Å². The van der Waals surface area contributed by atoms with Crippen LogP contribution in [0.3, 0.4) is 0 Å². The topological polar surface area (TPSA) is 28.2 Å². The molecule has 16 heavy (non-hydrogen) atoms. The molecule has 2 saturated heterocycles. The molecule has 2 unspecified atom stereocenters. The number of hydrogen-bond donors (Lipinski definition) is 1. The highest BCUT2D eigenvalue weighted by atomic mass is 79.9. The first kappa shape index (κ1) is 10.5. The van der Waals surface area contributed by atoms with Gasteiger partial charge < -0.3 is 10.2 Å². The molecule has 0 aromatic carbocycles. The van der Waals surface area contributed by atoms with Crippen LogP contribution in [-0.2, 0) is 0 Å². The third-order valence-electron chi connectivity index (χ3n) is 3.69. The number of nitrogens with one attached hydrogen (secondary N) is 1. The number of nitrogens with zero attached hydrogens (tertiary/aromatic N) is 2. The average Bonchev–Trinajstić information content (AvgIpc) is 2.77. The SMILES string of the molecule is Brc1cccnc1N1CCCC2CNCC21. The van der Waals surface area contributed by atoms with Crippen LogP contribution in [0.5, 0.6) is 0 Å². The van der Waals surface area contributed by atoms with E-state index in [1.807, 2.05) is 12.3 Å². The van der Waals surface area contributed by atoms with Crippen molar-refractivity contribution in [2.45, 2.75) is 18.9 Å². The molecular weight excluding hydrogens is 266 g/mol. The summed E-state index contributed by atoms with van der Waals surface area (Å²) in [6.07, 6.45) is 4.52. The lowest BCUT2D eigenvalue weighted by molar-refractivity contribution is 0.383. The van der Waals surface area contributed by atoms with Crippen molar-refractivity contribution in [3.05, 3.63) is 22.8 Å². The van der Waals surface area contributed by atoms with Gasteiger partial charge in [0.1, 0.15) is 5.82 Å². The van der Waals surface area contributed by atoms with Gasteiger partial charge in [0.25, 0.3) is 0 Å². The molecule has 0 bridgehead atoms. The summed E-state index contributed by atoms with van der Waals surface area (Å²) in [4.78, 5) is 6.98. The van der Waals surface area contributed by atoms with Crippen LogP contribution in [0.15, 0.2) is 22.8 Å². The van der Waals surface area contributed by atoms with Crippen molar-refractivity contribution in [1.29, 1.82) is 0 Å². The summed E-state index contributed by atoms with van der Waals surface area (Å²) in [5, 5.41) is 3.50. The minimum atomic E-state index is 0.639. The van der Waals surface area contributed by atoms with Crippen LogP contribution in [0.1, 0.15) is 12.8 Å². The summed E-state index contributed by atoms with van der Waals surface area (Å²) in [5.41, 5.74) is 0. The average molecular weight is 282 g/mol. The van der Waals surface area contributed by atoms with Crippen LogP contribution in [0, 0.1) is 5.92 Å². The quantitative estimate of drug-likeness (QED) is 0.854. The van der Waals surface area contributed by atoms with Gasteiger partial charge in [-0.1, -0.05) is 0 Å². The first-order valence-electron chi connectivity index (χ1n) is 5.94. The van der Waals surface area contributed by atoms with E-state index in [0.717, 1.165) is 29.3 Å². The van der Waals surface area contributed by atoms with E-state index in [9.17, 15) is 0 Å². The maximum Gasteiger partial charge on any atom is 0.143 e. The van der Waals surface area contributed by atoms with E-state index in [0.29, 0.717) is 6.04 Å². The second kappa shape index (κ2) is 4.34. The number of hydrogen-bond acceptors (Lipinski definition) is 3. The van der Waals surface area contributed by atoms with Crippen molar-refractivity contribution in [2.75, 3.05) is 24.5 Å². The molecule has 3 rings (SSSR count). The number of anilines is 1. The predicted octanol–water partition coefficient (Wildman–Crippen LogP) is 2.03. The van der Waals surface area contributed by atoms with E-state index < -0.39 is 0 Å². The van der Waals surface area contributed by atoms with Gasteiger partial charge in [0.05, 0.1) is 4.47 Å². The standard InChI is InChI=1S/C12H16BrN3/c13-10-4-1-5-15-12(10)16-6-2-3-9-7-14-8-11(9)16/h1,4-5,9,11,14H,2-3,6-8H2. The Hall–Kier alpha value is -0.610. The molecule has 1 N–H and O–H groups in total. The molecule has 3 heterocycles. The molecular formula is C12H16BrN3. The zero-order valence-electron chi connectivity index (χ0n) is 9.19. The van der Waals surface area contributed by atoms with E-state index >= 15 is 0 Å². The van der Waals surface area contributed by atoms with Gasteiger partial charge in [0, 0.05) is 31.9 Å². The fourth-order valence-electron chi connectivity index (χ4n) is 2.92. The van der Waals surface area contributed by atoms with E-state index in [4.69, 9.17) is 0 Å². The van der Waals surface area contributed by atoms with E-state index in [1.54, 1.807) is 0 Å². The molecule has 4 heteroatoms. The number of rotatable bonds is 1. The Bertz CT molecular complexity index is 382. The Morgan fingerprint density at radius 1 is 1.44 bits per heavy atom. The summed E-state index contributed by atoms with van der Waals surface area (Å²) in [6.45, 7) is 3.41. The normalized spacial score (nSPS) is 29.2. The second-order valence-corrected chi connectivity index (χ2v) is 5.48. The zero-order chi connectivity index (χ0) is 11.0. The largest absolute Gasteiger partial charge is 0.351 e. The number of fused-ring (bicyclic) bond motifs is 1. The van der Waals surface area contributed by atoms with Gasteiger partial charge in [-0.05, 0) is 46.8 Å². The van der Waals surface area contributed by atoms with Gasteiger partial charge in [-0.25, -0.2) is 4.98 Å². The van der Waals surface area contributed by atoms with E-state index in [2.05, 4.69) is 37.2 Å². The highest BCUT2D eigenvalue weighted by Gasteiger charge is 2.35. The summed E-state index contributed by atoms with van der Waals surface area (Å²) in [6, 6.07) is 4.69. The maximum absolute atomic E-state index is 4.51. The third kappa shape index (κ3) is 1.74. The molecule has 86 valence electrons. The summed E-state index contributed by atoms with van der Waals surface area (Å²) >= 11 is 3.60. The van der Waals surface area contributed by atoms with Gasteiger partial charge in [-0.2, -0.15) is 0 Å². The molecule has 0 radical (unpaired) electrons. The van der Waals surface area contributed by atoms with Crippen molar-refractivity contribution in [3.8, 4) is 0 Å². The molecule has 0 spiro atoms. The van der Waals surface area contributed by atoms with Crippen molar-refractivity contribution < 1.29 is 0 Å². The van der Waals surface area contributed by atoms with Crippen LogP contribution in [0.2, 0.25) is 0 Å². The van der Waals surface area contributed by atoms with Crippen LogP contribution in [0.25, 0.3) is 0 Å². The molecule has 0 amide bonds. The van der Waals surface area contributed by atoms with Gasteiger partial charge in [-0.3, -0.25) is 0 Å². The van der Waals surface area contributed by atoms with E-state index in [-0.39, 0.29) is 0 Å². The Morgan fingerprint density at radius 2 is 2.38 bits per heavy atom. The minimum Gasteiger partial charge on any atom is -0.351 e. The first-order valence-corrected chi connectivity index (χ1v) is 6.73. The van der Waals surface area contributed by atoms with Gasteiger partial charge in [-0.15, -0.1) is 0 Å². The number of aromatic nitrogens is 1. The zero-order valence-corrected chi connectivity index (χ0v) is 10.8. The Morgan fingerprint density at radius 3 is 3.25 bits per heavy atom. The van der Waals surface area contributed by atoms with Crippen LogP contribution in [-0.4, -0.2) is 30.7 Å². The van der Waals surface area contributed by atoms with Crippen molar-refractivity contribution >= 4 is 21.7 Å². The third-order valence-corrected chi connectivity index (χ3v) is 4.31. The Kier molecular flexibility index (Phi) is 2.86. The lowest BCUT2D eigenvalue weighted by Crippen LogP contribution is -2.45. The number of pyridine rings is 1. The molecule has 2 atom stereocenters. The number of piperidine rings is 1. The highest BCUT2D eigenvalue weighted by Crippen LogP contribution is 2.33. The van der Waals surface area contributed by atoms with Gasteiger partial charge in [0.2, 0.25) is 0 Å². The minimum absolute atomic E-state index is 0.639. The summed E-state index contributed by atoms with van der Waals surface area (Å²) < 4.78 is 1.11.